The molecule has 112 valence electrons. The topological polar surface area (TPSA) is 38.8 Å². The summed E-state index contributed by atoms with van der Waals surface area (Å²) >= 11 is 0. The number of benzene rings is 1. The molecule has 2 heterocycles. The van der Waals surface area contributed by atoms with Crippen molar-refractivity contribution >= 4 is 12.0 Å². The largest absolute Gasteiger partial charge is 0.454 e. The first-order valence-electron chi connectivity index (χ1n) is 6.78. The molecule has 0 aromatic heterocycles. The lowest BCUT2D eigenvalue weighted by atomic mass is 10.1. The van der Waals surface area contributed by atoms with Crippen molar-refractivity contribution in [2.45, 2.75) is 18.8 Å². The van der Waals surface area contributed by atoms with E-state index in [0.29, 0.717) is 11.5 Å². The number of halogens is 2. The van der Waals surface area contributed by atoms with Gasteiger partial charge in [-0.25, -0.2) is 8.78 Å². The highest BCUT2D eigenvalue weighted by Crippen LogP contribution is 2.33. The molecule has 4 nitrogen and oxygen atoms in total. The predicted octanol–water partition coefficient (Wildman–Crippen LogP) is 2.69. The molecule has 0 atom stereocenters. The maximum absolute atomic E-state index is 13.0. The fraction of sp³-hybridized carbons (Fsp3) is 0.400. The molecule has 3 rings (SSSR count). The van der Waals surface area contributed by atoms with E-state index in [1.165, 1.54) is 11.0 Å². The lowest BCUT2D eigenvalue weighted by molar-refractivity contribution is -0.132. The van der Waals surface area contributed by atoms with Crippen LogP contribution in [0.2, 0.25) is 0 Å². The number of carbonyl (C=O) groups is 1. The fourth-order valence-corrected chi connectivity index (χ4v) is 2.34. The first-order valence-corrected chi connectivity index (χ1v) is 6.78. The molecule has 0 radical (unpaired) electrons. The molecule has 1 fully saturated rings. The van der Waals surface area contributed by atoms with E-state index in [1.807, 2.05) is 6.07 Å². The maximum Gasteiger partial charge on any atom is 0.251 e. The number of hydrogen-bond acceptors (Lipinski definition) is 3. The lowest BCUT2D eigenvalue weighted by Gasteiger charge is -2.30. The van der Waals surface area contributed by atoms with Crippen molar-refractivity contribution < 1.29 is 23.0 Å². The van der Waals surface area contributed by atoms with Crippen LogP contribution in [0.4, 0.5) is 8.78 Å². The molecule has 1 aromatic rings. The van der Waals surface area contributed by atoms with Gasteiger partial charge in [0.25, 0.3) is 5.92 Å². The van der Waals surface area contributed by atoms with Crippen LogP contribution in [0.5, 0.6) is 11.5 Å². The summed E-state index contributed by atoms with van der Waals surface area (Å²) in [5.74, 6) is -1.57. The monoisotopic (exact) mass is 295 g/mol. The molecule has 0 spiro atoms. The van der Waals surface area contributed by atoms with Crippen LogP contribution in [0, 0.1) is 0 Å². The Balaban J connectivity index is 1.62. The number of likely N-dealkylation sites (tertiary alicyclic amines) is 1. The smallest absolute Gasteiger partial charge is 0.251 e. The van der Waals surface area contributed by atoms with Crippen LogP contribution in [0.1, 0.15) is 18.4 Å². The van der Waals surface area contributed by atoms with Gasteiger partial charge in [-0.1, -0.05) is 6.07 Å². The normalized spacial score (nSPS) is 20.0. The third kappa shape index (κ3) is 3.15. The van der Waals surface area contributed by atoms with E-state index in [1.54, 1.807) is 18.2 Å². The minimum absolute atomic E-state index is 0.0946. The van der Waals surface area contributed by atoms with Crippen LogP contribution >= 0.6 is 0 Å². The van der Waals surface area contributed by atoms with E-state index < -0.39 is 5.92 Å². The SMILES string of the molecule is O=C(/C=C/c1ccc2c(c1)OCO2)N1CCC(F)(F)CC1. The summed E-state index contributed by atoms with van der Waals surface area (Å²) in [5, 5.41) is 0. The second-order valence-electron chi connectivity index (χ2n) is 5.13. The number of piperidine rings is 1. The molecule has 2 aliphatic heterocycles. The quantitative estimate of drug-likeness (QED) is 0.787. The molecule has 0 aliphatic carbocycles. The average molecular weight is 295 g/mol. The van der Waals surface area contributed by atoms with E-state index >= 15 is 0 Å². The van der Waals surface area contributed by atoms with Gasteiger partial charge in [-0.3, -0.25) is 4.79 Å². The van der Waals surface area contributed by atoms with Crippen LogP contribution < -0.4 is 9.47 Å². The van der Waals surface area contributed by atoms with Gasteiger partial charge in [-0.05, 0) is 23.8 Å². The summed E-state index contributed by atoms with van der Waals surface area (Å²) in [4.78, 5) is 13.4. The second kappa shape index (κ2) is 5.35. The van der Waals surface area contributed by atoms with E-state index in [9.17, 15) is 13.6 Å². The maximum atomic E-state index is 13.0. The van der Waals surface area contributed by atoms with Gasteiger partial charge in [-0.15, -0.1) is 0 Å². The summed E-state index contributed by atoms with van der Waals surface area (Å²) in [6.07, 6.45) is 2.52. The molecular formula is C15H15F2NO3. The zero-order valence-electron chi connectivity index (χ0n) is 11.4. The van der Waals surface area contributed by atoms with Gasteiger partial charge in [0.2, 0.25) is 12.7 Å². The highest BCUT2D eigenvalue weighted by atomic mass is 19.3. The van der Waals surface area contributed by atoms with Gasteiger partial charge < -0.3 is 14.4 Å². The molecule has 21 heavy (non-hydrogen) atoms. The molecule has 0 N–H and O–H groups in total. The number of rotatable bonds is 2. The van der Waals surface area contributed by atoms with Crippen LogP contribution in [0.15, 0.2) is 24.3 Å². The van der Waals surface area contributed by atoms with Crippen molar-refractivity contribution in [2.75, 3.05) is 19.9 Å². The summed E-state index contributed by atoms with van der Waals surface area (Å²) in [5.41, 5.74) is 0.801. The van der Waals surface area contributed by atoms with Gasteiger partial charge in [0, 0.05) is 32.0 Å². The van der Waals surface area contributed by atoms with Gasteiger partial charge in [-0.2, -0.15) is 0 Å². The number of nitrogens with zero attached hydrogens (tertiary/aromatic N) is 1. The molecule has 1 amide bonds. The molecule has 1 saturated heterocycles. The highest BCUT2D eigenvalue weighted by Gasteiger charge is 2.34. The van der Waals surface area contributed by atoms with Gasteiger partial charge in [0.1, 0.15) is 0 Å². The lowest BCUT2D eigenvalue weighted by Crippen LogP contribution is -2.42. The fourth-order valence-electron chi connectivity index (χ4n) is 2.34. The zero-order chi connectivity index (χ0) is 14.9. The number of amides is 1. The molecule has 0 saturated carbocycles. The Hall–Kier alpha value is -2.11. The van der Waals surface area contributed by atoms with Gasteiger partial charge in [0.15, 0.2) is 11.5 Å². The predicted molar refractivity (Wildman–Crippen MR) is 72.4 cm³/mol. The number of fused-ring (bicyclic) bond motifs is 1. The van der Waals surface area contributed by atoms with Crippen LogP contribution in [0.25, 0.3) is 6.08 Å². The van der Waals surface area contributed by atoms with Crippen molar-refractivity contribution in [3.8, 4) is 11.5 Å². The van der Waals surface area contributed by atoms with Crippen molar-refractivity contribution in [3.05, 3.63) is 29.8 Å². The molecule has 2 aliphatic rings. The van der Waals surface area contributed by atoms with Crippen molar-refractivity contribution in [1.82, 2.24) is 4.90 Å². The van der Waals surface area contributed by atoms with E-state index in [-0.39, 0.29) is 38.6 Å². The Morgan fingerprint density at radius 3 is 2.67 bits per heavy atom. The van der Waals surface area contributed by atoms with Crippen molar-refractivity contribution in [2.24, 2.45) is 0 Å². The Bertz CT molecular complexity index is 576. The van der Waals surface area contributed by atoms with Crippen LogP contribution in [0.3, 0.4) is 0 Å². The Labute approximate surface area is 120 Å². The van der Waals surface area contributed by atoms with Gasteiger partial charge >= 0.3 is 0 Å². The average Bonchev–Trinajstić information content (AvgIpc) is 2.92. The number of hydrogen-bond donors (Lipinski definition) is 0. The van der Waals surface area contributed by atoms with Crippen LogP contribution in [-0.4, -0.2) is 36.6 Å². The first kappa shape index (κ1) is 13.9. The minimum Gasteiger partial charge on any atom is -0.454 e. The van der Waals surface area contributed by atoms with E-state index in [2.05, 4.69) is 0 Å². The summed E-state index contributed by atoms with van der Waals surface area (Å²) < 4.78 is 36.5. The van der Waals surface area contributed by atoms with Crippen molar-refractivity contribution in [1.29, 1.82) is 0 Å². The van der Waals surface area contributed by atoms with E-state index in [4.69, 9.17) is 9.47 Å². The first-order chi connectivity index (χ1) is 10.0. The second-order valence-corrected chi connectivity index (χ2v) is 5.13. The summed E-state index contributed by atoms with van der Waals surface area (Å²) in [6, 6.07) is 5.35. The van der Waals surface area contributed by atoms with Crippen LogP contribution in [-0.2, 0) is 4.79 Å². The molecule has 1 aromatic carbocycles. The van der Waals surface area contributed by atoms with E-state index in [0.717, 1.165) is 5.56 Å². The third-order valence-corrected chi connectivity index (χ3v) is 3.62. The van der Waals surface area contributed by atoms with Gasteiger partial charge in [0.05, 0.1) is 0 Å². The Morgan fingerprint density at radius 1 is 1.19 bits per heavy atom. The third-order valence-electron chi connectivity index (χ3n) is 3.62. The summed E-state index contributed by atoms with van der Waals surface area (Å²) in [7, 11) is 0. The standard InChI is InChI=1S/C15H15F2NO3/c16-15(17)5-7-18(8-6-15)14(19)4-2-11-1-3-12-13(9-11)21-10-20-12/h1-4,9H,5-8,10H2/b4-2+. The minimum atomic E-state index is -2.64. The molecule has 6 heteroatoms. The Morgan fingerprint density at radius 2 is 1.90 bits per heavy atom. The number of alkyl halides is 2. The number of ether oxygens (including phenoxy) is 2. The zero-order valence-corrected chi connectivity index (χ0v) is 11.4. The number of carbonyl (C=O) groups excluding carboxylic acids is 1. The molecule has 0 bridgehead atoms. The highest BCUT2D eigenvalue weighted by molar-refractivity contribution is 5.92. The summed E-state index contributed by atoms with van der Waals surface area (Å²) in [6.45, 7) is 0.387. The van der Waals surface area contributed by atoms with Crippen molar-refractivity contribution in [3.63, 3.8) is 0 Å². The Kier molecular flexibility index (Phi) is 3.53. The molecule has 0 unspecified atom stereocenters. The molecular weight excluding hydrogens is 280 g/mol.